The van der Waals surface area contributed by atoms with Crippen LogP contribution in [0.3, 0.4) is 0 Å². The van der Waals surface area contributed by atoms with Crippen molar-refractivity contribution in [3.63, 3.8) is 0 Å². The Morgan fingerprint density at radius 1 is 1.19 bits per heavy atom. The zero-order chi connectivity index (χ0) is 22.5. The van der Waals surface area contributed by atoms with Crippen LogP contribution in [0.15, 0.2) is 48.5 Å². The first-order valence-corrected chi connectivity index (χ1v) is 10.3. The summed E-state index contributed by atoms with van der Waals surface area (Å²) in [5, 5.41) is 4.63. The van der Waals surface area contributed by atoms with Crippen LogP contribution in [0.1, 0.15) is 23.7 Å². The standard InChI is InChI=1S/C21H21ClN4O4S/c1-3-25-20(29)17(12-18(27)23-15-5-4-6-16(11-15)30-2)26(21(25)31)24-19(28)13-7-9-14(22)10-8-13/h4-11,17H,3,12H2,1-2H3,(H,23,27)(H,24,28)/t17-/m0/s1. The van der Waals surface area contributed by atoms with Crippen molar-refractivity contribution in [1.29, 1.82) is 0 Å². The van der Waals surface area contributed by atoms with Crippen molar-refractivity contribution in [2.45, 2.75) is 19.4 Å². The van der Waals surface area contributed by atoms with Crippen molar-refractivity contribution < 1.29 is 19.1 Å². The fraction of sp³-hybridized carbons (Fsp3) is 0.238. The van der Waals surface area contributed by atoms with Crippen LogP contribution in [0.5, 0.6) is 5.75 Å². The average molecular weight is 461 g/mol. The molecule has 0 unspecified atom stereocenters. The number of thiocarbonyl (C=S) groups is 1. The van der Waals surface area contributed by atoms with Gasteiger partial charge in [0.05, 0.1) is 13.5 Å². The van der Waals surface area contributed by atoms with Crippen molar-refractivity contribution in [3.8, 4) is 5.75 Å². The molecule has 1 heterocycles. The maximum atomic E-state index is 12.8. The highest BCUT2D eigenvalue weighted by Gasteiger charge is 2.43. The molecule has 0 bridgehead atoms. The molecule has 1 fully saturated rings. The van der Waals surface area contributed by atoms with Gasteiger partial charge in [0.25, 0.3) is 11.8 Å². The molecular weight excluding hydrogens is 440 g/mol. The molecule has 1 aliphatic rings. The number of hydrogen-bond acceptors (Lipinski definition) is 5. The number of likely N-dealkylation sites (N-methyl/N-ethyl adjacent to an activating group) is 1. The van der Waals surface area contributed by atoms with Gasteiger partial charge >= 0.3 is 0 Å². The summed E-state index contributed by atoms with van der Waals surface area (Å²) in [6.07, 6.45) is -0.201. The summed E-state index contributed by atoms with van der Waals surface area (Å²) in [7, 11) is 1.53. The number of halogens is 1. The molecule has 8 nitrogen and oxygen atoms in total. The predicted octanol–water partition coefficient (Wildman–Crippen LogP) is 2.84. The van der Waals surface area contributed by atoms with E-state index >= 15 is 0 Å². The molecule has 2 aromatic carbocycles. The molecule has 1 saturated heterocycles. The normalized spacial score (nSPS) is 15.8. The number of rotatable bonds is 7. The van der Waals surface area contributed by atoms with E-state index in [4.69, 9.17) is 28.6 Å². The minimum atomic E-state index is -0.964. The zero-order valence-corrected chi connectivity index (χ0v) is 18.5. The third-order valence-corrected chi connectivity index (χ3v) is 5.35. The van der Waals surface area contributed by atoms with E-state index in [1.807, 2.05) is 0 Å². The second kappa shape index (κ2) is 9.76. The van der Waals surface area contributed by atoms with Crippen LogP contribution in [0, 0.1) is 0 Å². The molecule has 0 aliphatic carbocycles. The van der Waals surface area contributed by atoms with Gasteiger partial charge in [-0.2, -0.15) is 0 Å². The van der Waals surface area contributed by atoms with Crippen molar-refractivity contribution in [3.05, 3.63) is 59.1 Å². The Morgan fingerprint density at radius 3 is 2.55 bits per heavy atom. The maximum absolute atomic E-state index is 12.8. The van der Waals surface area contributed by atoms with Gasteiger partial charge in [-0.3, -0.25) is 24.7 Å². The van der Waals surface area contributed by atoms with E-state index in [1.165, 1.54) is 17.0 Å². The zero-order valence-electron chi connectivity index (χ0n) is 16.9. The van der Waals surface area contributed by atoms with Gasteiger partial charge in [-0.15, -0.1) is 0 Å². The number of amides is 3. The molecule has 0 saturated carbocycles. The molecule has 31 heavy (non-hydrogen) atoms. The van der Waals surface area contributed by atoms with Gasteiger partial charge in [0, 0.05) is 28.9 Å². The number of carbonyl (C=O) groups excluding carboxylic acids is 3. The Morgan fingerprint density at radius 2 is 1.90 bits per heavy atom. The first kappa shape index (κ1) is 22.5. The van der Waals surface area contributed by atoms with Crippen molar-refractivity contribution in [2.24, 2.45) is 0 Å². The number of hydrogen-bond donors (Lipinski definition) is 2. The van der Waals surface area contributed by atoms with Crippen LogP contribution < -0.4 is 15.5 Å². The third-order valence-electron chi connectivity index (χ3n) is 4.68. The lowest BCUT2D eigenvalue weighted by molar-refractivity contribution is -0.130. The maximum Gasteiger partial charge on any atom is 0.269 e. The summed E-state index contributed by atoms with van der Waals surface area (Å²) in [5.74, 6) is -0.643. The minimum absolute atomic E-state index is 0.133. The second-order valence-electron chi connectivity index (χ2n) is 6.68. The van der Waals surface area contributed by atoms with E-state index in [1.54, 1.807) is 55.5 Å². The number of nitrogens with zero attached hydrogens (tertiary/aromatic N) is 2. The van der Waals surface area contributed by atoms with Crippen LogP contribution in [0.4, 0.5) is 5.69 Å². The summed E-state index contributed by atoms with van der Waals surface area (Å²) in [5.41, 5.74) is 3.52. The number of methoxy groups -OCH3 is 1. The molecule has 1 aliphatic heterocycles. The highest BCUT2D eigenvalue weighted by atomic mass is 35.5. The van der Waals surface area contributed by atoms with Gasteiger partial charge in [0.1, 0.15) is 11.8 Å². The molecule has 3 rings (SSSR count). The van der Waals surface area contributed by atoms with Crippen molar-refractivity contribution >= 4 is 52.3 Å². The molecular formula is C21H21ClN4O4S. The van der Waals surface area contributed by atoms with Crippen LogP contribution >= 0.6 is 23.8 Å². The fourth-order valence-electron chi connectivity index (χ4n) is 3.11. The van der Waals surface area contributed by atoms with E-state index in [2.05, 4.69) is 10.7 Å². The molecule has 3 amide bonds. The predicted molar refractivity (Wildman–Crippen MR) is 121 cm³/mol. The molecule has 2 N–H and O–H groups in total. The third kappa shape index (κ3) is 5.12. The van der Waals surface area contributed by atoms with E-state index in [9.17, 15) is 14.4 Å². The monoisotopic (exact) mass is 460 g/mol. The Kier molecular flexibility index (Phi) is 7.09. The van der Waals surface area contributed by atoms with Crippen molar-refractivity contribution in [1.82, 2.24) is 15.3 Å². The number of ether oxygens (including phenoxy) is 1. The number of carbonyl (C=O) groups is 3. The summed E-state index contributed by atoms with van der Waals surface area (Å²) < 4.78 is 5.15. The smallest absolute Gasteiger partial charge is 0.269 e. The van der Waals surface area contributed by atoms with Gasteiger partial charge in [0.2, 0.25) is 5.91 Å². The number of nitrogens with one attached hydrogen (secondary N) is 2. The Balaban J connectivity index is 1.75. The van der Waals surface area contributed by atoms with Crippen LogP contribution in [0.2, 0.25) is 5.02 Å². The van der Waals surface area contributed by atoms with Gasteiger partial charge in [-0.1, -0.05) is 17.7 Å². The first-order valence-electron chi connectivity index (χ1n) is 9.49. The molecule has 0 spiro atoms. The first-order chi connectivity index (χ1) is 14.8. The second-order valence-corrected chi connectivity index (χ2v) is 7.48. The quantitative estimate of drug-likeness (QED) is 0.617. The summed E-state index contributed by atoms with van der Waals surface area (Å²) in [6.45, 7) is 2.08. The average Bonchev–Trinajstić information content (AvgIpc) is 2.97. The minimum Gasteiger partial charge on any atom is -0.497 e. The summed E-state index contributed by atoms with van der Waals surface area (Å²) in [4.78, 5) is 39.5. The summed E-state index contributed by atoms with van der Waals surface area (Å²) in [6, 6.07) is 12.2. The van der Waals surface area contributed by atoms with Crippen LogP contribution in [-0.4, -0.2) is 52.4 Å². The molecule has 0 aromatic heterocycles. The topological polar surface area (TPSA) is 91.0 Å². The van der Waals surface area contributed by atoms with E-state index in [-0.39, 0.29) is 17.4 Å². The van der Waals surface area contributed by atoms with Crippen LogP contribution in [0.25, 0.3) is 0 Å². The van der Waals surface area contributed by atoms with Crippen molar-refractivity contribution in [2.75, 3.05) is 19.0 Å². The van der Waals surface area contributed by atoms with Crippen LogP contribution in [-0.2, 0) is 9.59 Å². The molecule has 2 aromatic rings. The van der Waals surface area contributed by atoms with Gasteiger partial charge in [-0.25, -0.2) is 5.01 Å². The van der Waals surface area contributed by atoms with Gasteiger partial charge < -0.3 is 10.1 Å². The highest BCUT2D eigenvalue weighted by Crippen LogP contribution is 2.21. The summed E-state index contributed by atoms with van der Waals surface area (Å²) >= 11 is 11.2. The highest BCUT2D eigenvalue weighted by molar-refractivity contribution is 7.80. The lowest BCUT2D eigenvalue weighted by Crippen LogP contribution is -2.49. The Bertz CT molecular complexity index is 1010. The van der Waals surface area contributed by atoms with Gasteiger partial charge in [-0.05, 0) is 55.5 Å². The van der Waals surface area contributed by atoms with E-state index < -0.39 is 17.9 Å². The Hall–Kier alpha value is -3.17. The lowest BCUT2D eigenvalue weighted by atomic mass is 10.1. The lowest BCUT2D eigenvalue weighted by Gasteiger charge is -2.24. The fourth-order valence-corrected chi connectivity index (χ4v) is 3.62. The largest absolute Gasteiger partial charge is 0.497 e. The molecule has 0 radical (unpaired) electrons. The van der Waals surface area contributed by atoms with E-state index in [0.717, 1.165) is 0 Å². The SMILES string of the molecule is CCN1C(=O)[C@H](CC(=O)Nc2cccc(OC)c2)N(NC(=O)c2ccc(Cl)cc2)C1=S. The molecule has 1 atom stereocenters. The van der Waals surface area contributed by atoms with Gasteiger partial charge in [0.15, 0.2) is 5.11 Å². The van der Waals surface area contributed by atoms with E-state index in [0.29, 0.717) is 28.6 Å². The molecule has 10 heteroatoms. The number of benzene rings is 2. The number of anilines is 1. The number of hydrazine groups is 1. The Labute approximate surface area is 190 Å². The molecule has 162 valence electrons.